The summed E-state index contributed by atoms with van der Waals surface area (Å²) in [5, 5.41) is 3.44. The molecular weight excluding hydrogens is 314 g/mol. The van der Waals surface area contributed by atoms with Crippen LogP contribution in [0.5, 0.6) is 5.75 Å². The Kier molecular flexibility index (Phi) is 3.11. The summed E-state index contributed by atoms with van der Waals surface area (Å²) in [5.74, 6) is 3.22. The molecule has 0 saturated heterocycles. The topological polar surface area (TPSA) is 21.3 Å². The zero-order valence-corrected chi connectivity index (χ0v) is 13.6. The predicted octanol–water partition coefficient (Wildman–Crippen LogP) is 3.56. The summed E-state index contributed by atoms with van der Waals surface area (Å²) < 4.78 is 7.12. The Balaban J connectivity index is 1.64. The van der Waals surface area contributed by atoms with Crippen LogP contribution in [0.1, 0.15) is 30.4 Å². The number of benzene rings is 1. The molecule has 3 heteroatoms. The van der Waals surface area contributed by atoms with Crippen molar-refractivity contribution >= 4 is 15.9 Å². The van der Waals surface area contributed by atoms with Gasteiger partial charge in [0, 0.05) is 17.4 Å². The highest BCUT2D eigenvalue weighted by atomic mass is 79.9. The number of fused-ring (bicyclic) bond motifs is 2. The molecule has 2 saturated carbocycles. The van der Waals surface area contributed by atoms with Crippen molar-refractivity contribution in [3.8, 4) is 5.75 Å². The van der Waals surface area contributed by atoms with Crippen LogP contribution in [0, 0.1) is 17.3 Å². The largest absolute Gasteiger partial charge is 0.493 e. The first kappa shape index (κ1) is 13.1. The van der Waals surface area contributed by atoms with E-state index in [1.54, 1.807) is 0 Å². The summed E-state index contributed by atoms with van der Waals surface area (Å²) in [6, 6.07) is 4.51. The number of hydrogen-bond donors (Lipinski definition) is 1. The van der Waals surface area contributed by atoms with Crippen LogP contribution in [0.3, 0.4) is 0 Å². The first-order valence-corrected chi connectivity index (χ1v) is 8.57. The molecule has 1 aliphatic heterocycles. The summed E-state index contributed by atoms with van der Waals surface area (Å²) in [6.07, 6.45) is 6.52. The fourth-order valence-electron chi connectivity index (χ4n) is 4.61. The van der Waals surface area contributed by atoms with Crippen molar-refractivity contribution < 1.29 is 4.74 Å². The van der Waals surface area contributed by atoms with E-state index in [1.807, 2.05) is 0 Å². The van der Waals surface area contributed by atoms with Gasteiger partial charge in [0.1, 0.15) is 5.75 Å². The minimum absolute atomic E-state index is 0.461. The third-order valence-electron chi connectivity index (χ3n) is 5.40. The fourth-order valence-corrected chi connectivity index (χ4v) is 5.17. The Morgan fingerprint density at radius 3 is 2.90 bits per heavy atom. The van der Waals surface area contributed by atoms with Gasteiger partial charge in [0.25, 0.3) is 0 Å². The maximum absolute atomic E-state index is 5.91. The van der Waals surface area contributed by atoms with Crippen molar-refractivity contribution in [3.05, 3.63) is 27.7 Å². The van der Waals surface area contributed by atoms with Crippen molar-refractivity contribution in [2.75, 3.05) is 20.2 Å². The van der Waals surface area contributed by atoms with Crippen molar-refractivity contribution in [1.82, 2.24) is 5.32 Å². The zero-order valence-electron chi connectivity index (χ0n) is 12.0. The van der Waals surface area contributed by atoms with E-state index in [0.717, 1.165) is 31.4 Å². The molecule has 20 heavy (non-hydrogen) atoms. The molecule has 0 spiro atoms. The second kappa shape index (κ2) is 4.74. The summed E-state index contributed by atoms with van der Waals surface area (Å²) in [4.78, 5) is 0. The zero-order chi connectivity index (χ0) is 13.7. The van der Waals surface area contributed by atoms with Crippen LogP contribution in [0.25, 0.3) is 0 Å². The normalized spacial score (nSPS) is 33.7. The fraction of sp³-hybridized carbons (Fsp3) is 0.647. The number of halogens is 1. The van der Waals surface area contributed by atoms with Gasteiger partial charge in [-0.05, 0) is 73.2 Å². The first-order valence-electron chi connectivity index (χ1n) is 7.78. The summed E-state index contributed by atoms with van der Waals surface area (Å²) >= 11 is 3.67. The van der Waals surface area contributed by atoms with Gasteiger partial charge in [-0.15, -0.1) is 0 Å². The average molecular weight is 336 g/mol. The van der Waals surface area contributed by atoms with Crippen LogP contribution in [0.15, 0.2) is 16.6 Å². The van der Waals surface area contributed by atoms with Gasteiger partial charge in [-0.2, -0.15) is 0 Å². The van der Waals surface area contributed by atoms with Crippen LogP contribution >= 0.6 is 15.9 Å². The van der Waals surface area contributed by atoms with Crippen molar-refractivity contribution in [3.63, 3.8) is 0 Å². The van der Waals surface area contributed by atoms with E-state index in [9.17, 15) is 0 Å². The highest BCUT2D eigenvalue weighted by molar-refractivity contribution is 9.10. The molecule has 2 aliphatic carbocycles. The smallest absolute Gasteiger partial charge is 0.125 e. The van der Waals surface area contributed by atoms with Gasteiger partial charge in [0.15, 0.2) is 0 Å². The number of nitrogens with one attached hydrogen (secondary N) is 1. The Hall–Kier alpha value is -0.540. The van der Waals surface area contributed by atoms with E-state index in [4.69, 9.17) is 4.74 Å². The molecule has 3 aliphatic rings. The number of hydrogen-bond acceptors (Lipinski definition) is 2. The van der Waals surface area contributed by atoms with Crippen molar-refractivity contribution in [2.24, 2.45) is 17.3 Å². The maximum atomic E-state index is 5.91. The second-order valence-corrected chi connectivity index (χ2v) is 7.94. The predicted molar refractivity (Wildman–Crippen MR) is 84.2 cm³/mol. The first-order chi connectivity index (χ1) is 9.69. The minimum atomic E-state index is 0.461. The molecule has 1 aromatic carbocycles. The van der Waals surface area contributed by atoms with Gasteiger partial charge < -0.3 is 10.1 Å². The molecule has 1 heterocycles. The third-order valence-corrected chi connectivity index (χ3v) is 5.86. The molecule has 2 atom stereocenters. The van der Waals surface area contributed by atoms with E-state index in [-0.39, 0.29) is 0 Å². The minimum Gasteiger partial charge on any atom is -0.493 e. The van der Waals surface area contributed by atoms with E-state index in [1.165, 1.54) is 47.0 Å². The lowest BCUT2D eigenvalue weighted by Gasteiger charge is -2.31. The monoisotopic (exact) mass is 335 g/mol. The van der Waals surface area contributed by atoms with Gasteiger partial charge in [0.05, 0.1) is 6.61 Å². The molecule has 0 radical (unpaired) electrons. The Morgan fingerprint density at radius 2 is 2.15 bits per heavy atom. The molecule has 0 aromatic heterocycles. The van der Waals surface area contributed by atoms with Crippen LogP contribution in [0.4, 0.5) is 0 Å². The molecule has 2 nitrogen and oxygen atoms in total. The highest BCUT2D eigenvalue weighted by Crippen LogP contribution is 2.61. The lowest BCUT2D eigenvalue weighted by molar-refractivity contribution is 0.250. The highest BCUT2D eigenvalue weighted by Gasteiger charge is 2.53. The van der Waals surface area contributed by atoms with Gasteiger partial charge in [-0.1, -0.05) is 15.9 Å². The third kappa shape index (κ3) is 2.19. The van der Waals surface area contributed by atoms with E-state index in [2.05, 4.69) is 40.4 Å². The number of ether oxygens (including phenoxy) is 1. The molecule has 1 N–H and O–H groups in total. The molecule has 4 rings (SSSR count). The van der Waals surface area contributed by atoms with Crippen LogP contribution in [0.2, 0.25) is 0 Å². The van der Waals surface area contributed by atoms with Gasteiger partial charge >= 0.3 is 0 Å². The Labute approximate surface area is 129 Å². The van der Waals surface area contributed by atoms with E-state index >= 15 is 0 Å². The van der Waals surface area contributed by atoms with Crippen LogP contribution in [-0.4, -0.2) is 20.2 Å². The molecule has 2 unspecified atom stereocenters. The maximum Gasteiger partial charge on any atom is 0.125 e. The Bertz CT molecular complexity index is 532. The van der Waals surface area contributed by atoms with Gasteiger partial charge in [-0.3, -0.25) is 0 Å². The molecule has 0 amide bonds. The molecule has 0 bridgehead atoms. The molecular formula is C17H22BrNO. The summed E-state index contributed by atoms with van der Waals surface area (Å²) in [5.41, 5.74) is 3.27. The van der Waals surface area contributed by atoms with Gasteiger partial charge in [0.2, 0.25) is 0 Å². The van der Waals surface area contributed by atoms with Crippen molar-refractivity contribution in [2.45, 2.75) is 32.1 Å². The number of rotatable bonds is 4. The average Bonchev–Trinajstić information content (AvgIpc) is 2.84. The summed E-state index contributed by atoms with van der Waals surface area (Å²) in [6.45, 7) is 1.99. The van der Waals surface area contributed by atoms with E-state index in [0.29, 0.717) is 5.41 Å². The van der Waals surface area contributed by atoms with Crippen molar-refractivity contribution in [1.29, 1.82) is 0 Å². The van der Waals surface area contributed by atoms with Gasteiger partial charge in [-0.25, -0.2) is 0 Å². The Morgan fingerprint density at radius 1 is 1.35 bits per heavy atom. The lowest BCUT2D eigenvalue weighted by atomic mass is 9.77. The molecule has 1 aromatic rings. The molecule has 2 fully saturated rings. The van der Waals surface area contributed by atoms with Crippen LogP contribution in [-0.2, 0) is 12.8 Å². The standard InChI is InChI=1S/C17H22BrNO/c1-19-10-17(7-12-4-13(12)8-17)9-14-6-15(18)5-11-2-3-20-16(11)14/h5-6,12-13,19H,2-4,7-10H2,1H3. The SMILES string of the molecule is CNCC1(Cc2cc(Br)cc3c2OCC3)CC2CC2C1. The van der Waals surface area contributed by atoms with Crippen LogP contribution < -0.4 is 10.1 Å². The quantitative estimate of drug-likeness (QED) is 0.908. The molecule has 108 valence electrons. The second-order valence-electron chi connectivity index (χ2n) is 7.02. The summed E-state index contributed by atoms with van der Waals surface area (Å²) in [7, 11) is 2.09. The lowest BCUT2D eigenvalue weighted by Crippen LogP contribution is -2.33. The van der Waals surface area contributed by atoms with E-state index < -0.39 is 0 Å².